The van der Waals surface area contributed by atoms with Gasteiger partial charge in [0, 0.05) is 18.1 Å². The molecule has 0 saturated heterocycles. The number of esters is 1. The number of thiazole rings is 1. The molecule has 20 heavy (non-hydrogen) atoms. The zero-order valence-electron chi connectivity index (χ0n) is 10.6. The second kappa shape index (κ2) is 5.22. The van der Waals surface area contributed by atoms with Crippen LogP contribution in [-0.2, 0) is 9.53 Å². The van der Waals surface area contributed by atoms with Crippen molar-refractivity contribution < 1.29 is 14.3 Å². The number of methoxy groups -OCH3 is 1. The number of fused-ring (bicyclic) bond motifs is 3. The molecule has 0 aromatic carbocycles. The van der Waals surface area contributed by atoms with E-state index >= 15 is 0 Å². The van der Waals surface area contributed by atoms with Gasteiger partial charge in [0.25, 0.3) is 5.91 Å². The topological polar surface area (TPSA) is 72.7 Å². The van der Waals surface area contributed by atoms with Crippen LogP contribution >= 0.6 is 22.7 Å². The minimum absolute atomic E-state index is 0.168. The Morgan fingerprint density at radius 2 is 2.35 bits per heavy atom. The number of amides is 1. The number of nitrogens with zero attached hydrogens (tertiary/aromatic N) is 2. The van der Waals surface area contributed by atoms with Crippen LogP contribution in [0, 0.1) is 0 Å². The van der Waals surface area contributed by atoms with Crippen molar-refractivity contribution in [3.8, 4) is 0 Å². The lowest BCUT2D eigenvalue weighted by molar-refractivity contribution is -0.140. The minimum Gasteiger partial charge on any atom is -0.469 e. The molecule has 1 amide bonds. The fraction of sp³-hybridized carbons (Fsp3) is 0.250. The van der Waals surface area contributed by atoms with Gasteiger partial charge in [-0.05, 0) is 6.07 Å². The van der Waals surface area contributed by atoms with Crippen LogP contribution in [0.15, 0.2) is 17.6 Å². The lowest BCUT2D eigenvalue weighted by Gasteiger charge is -2.01. The zero-order chi connectivity index (χ0) is 14.1. The van der Waals surface area contributed by atoms with E-state index in [2.05, 4.69) is 15.0 Å². The van der Waals surface area contributed by atoms with E-state index in [1.54, 1.807) is 11.3 Å². The van der Waals surface area contributed by atoms with Gasteiger partial charge >= 0.3 is 5.97 Å². The maximum absolute atomic E-state index is 12.0. The van der Waals surface area contributed by atoms with Crippen LogP contribution in [-0.4, -0.2) is 34.9 Å². The SMILES string of the molecule is COC(=O)CCNC(=O)c1cc2c(nc3sccn32)s1. The lowest BCUT2D eigenvalue weighted by Crippen LogP contribution is -2.25. The standard InChI is InChI=1S/C12H11N3O3S2/c1-18-9(16)2-3-13-10(17)8-6-7-11(20-8)14-12-15(7)4-5-19-12/h4-6H,2-3H2,1H3,(H,13,17). The first-order valence-corrected chi connectivity index (χ1v) is 7.59. The highest BCUT2D eigenvalue weighted by Crippen LogP contribution is 2.28. The molecule has 104 valence electrons. The summed E-state index contributed by atoms with van der Waals surface area (Å²) in [6.45, 7) is 0.266. The number of hydrogen-bond acceptors (Lipinski definition) is 6. The Morgan fingerprint density at radius 3 is 3.15 bits per heavy atom. The molecule has 0 unspecified atom stereocenters. The third-order valence-electron chi connectivity index (χ3n) is 2.81. The smallest absolute Gasteiger partial charge is 0.307 e. The summed E-state index contributed by atoms with van der Waals surface area (Å²) in [7, 11) is 1.32. The van der Waals surface area contributed by atoms with Gasteiger partial charge in [0.1, 0.15) is 4.83 Å². The number of rotatable bonds is 4. The molecule has 8 heteroatoms. The van der Waals surface area contributed by atoms with Crippen molar-refractivity contribution in [1.29, 1.82) is 0 Å². The van der Waals surface area contributed by atoms with Gasteiger partial charge in [-0.1, -0.05) is 0 Å². The van der Waals surface area contributed by atoms with Gasteiger partial charge < -0.3 is 10.1 Å². The Hall–Kier alpha value is -1.93. The van der Waals surface area contributed by atoms with Crippen molar-refractivity contribution in [3.05, 3.63) is 22.5 Å². The van der Waals surface area contributed by atoms with Crippen LogP contribution in [0.2, 0.25) is 0 Å². The molecule has 0 saturated carbocycles. The van der Waals surface area contributed by atoms with Gasteiger partial charge in [-0.2, -0.15) is 0 Å². The van der Waals surface area contributed by atoms with E-state index in [1.807, 2.05) is 22.0 Å². The Morgan fingerprint density at radius 1 is 1.50 bits per heavy atom. The van der Waals surface area contributed by atoms with Crippen LogP contribution in [0.5, 0.6) is 0 Å². The minimum atomic E-state index is -0.340. The van der Waals surface area contributed by atoms with Gasteiger partial charge in [0.15, 0.2) is 4.96 Å². The quantitative estimate of drug-likeness (QED) is 0.747. The van der Waals surface area contributed by atoms with Gasteiger partial charge in [0.05, 0.1) is 23.9 Å². The van der Waals surface area contributed by atoms with Crippen molar-refractivity contribution in [1.82, 2.24) is 14.7 Å². The van der Waals surface area contributed by atoms with Gasteiger partial charge in [-0.15, -0.1) is 22.7 Å². The van der Waals surface area contributed by atoms with Crippen LogP contribution in [0.1, 0.15) is 16.1 Å². The summed E-state index contributed by atoms with van der Waals surface area (Å²) in [5.74, 6) is -0.534. The van der Waals surface area contributed by atoms with Crippen molar-refractivity contribution in [2.24, 2.45) is 0 Å². The molecule has 0 fully saturated rings. The van der Waals surface area contributed by atoms with E-state index in [4.69, 9.17) is 0 Å². The summed E-state index contributed by atoms with van der Waals surface area (Å²) in [6.07, 6.45) is 2.10. The number of ether oxygens (including phenoxy) is 1. The van der Waals surface area contributed by atoms with Crippen LogP contribution in [0.3, 0.4) is 0 Å². The van der Waals surface area contributed by atoms with Crippen LogP contribution in [0.25, 0.3) is 15.3 Å². The largest absolute Gasteiger partial charge is 0.469 e. The fourth-order valence-corrected chi connectivity index (χ4v) is 3.54. The maximum Gasteiger partial charge on any atom is 0.307 e. The van der Waals surface area contributed by atoms with Gasteiger partial charge in [0.2, 0.25) is 0 Å². The number of carbonyl (C=O) groups excluding carboxylic acids is 2. The number of carbonyl (C=O) groups is 2. The normalized spacial score (nSPS) is 11.1. The molecule has 0 atom stereocenters. The lowest BCUT2D eigenvalue weighted by atomic mass is 10.4. The van der Waals surface area contributed by atoms with E-state index in [0.717, 1.165) is 15.3 Å². The van der Waals surface area contributed by atoms with E-state index in [-0.39, 0.29) is 24.8 Å². The van der Waals surface area contributed by atoms with Crippen molar-refractivity contribution >= 4 is 49.9 Å². The second-order valence-electron chi connectivity index (χ2n) is 4.05. The van der Waals surface area contributed by atoms with E-state index < -0.39 is 0 Å². The highest BCUT2D eigenvalue weighted by molar-refractivity contribution is 7.21. The molecule has 0 spiro atoms. The first-order valence-electron chi connectivity index (χ1n) is 5.89. The highest BCUT2D eigenvalue weighted by Gasteiger charge is 2.15. The van der Waals surface area contributed by atoms with Crippen molar-refractivity contribution in [2.75, 3.05) is 13.7 Å². The molecule has 3 aromatic heterocycles. The van der Waals surface area contributed by atoms with Gasteiger partial charge in [-0.25, -0.2) is 4.98 Å². The predicted octanol–water partition coefficient (Wildman–Crippen LogP) is 1.90. The zero-order valence-corrected chi connectivity index (χ0v) is 12.2. The molecule has 3 aromatic rings. The molecular weight excluding hydrogens is 298 g/mol. The molecule has 3 rings (SSSR count). The van der Waals surface area contributed by atoms with Crippen LogP contribution < -0.4 is 5.32 Å². The summed E-state index contributed by atoms with van der Waals surface area (Å²) in [5.41, 5.74) is 0.935. The number of nitrogens with one attached hydrogen (secondary N) is 1. The third-order valence-corrected chi connectivity index (χ3v) is 4.58. The Bertz CT molecular complexity index is 786. The van der Waals surface area contributed by atoms with Crippen LogP contribution in [0.4, 0.5) is 0 Å². The Balaban J connectivity index is 1.74. The molecule has 1 N–H and O–H groups in total. The number of hydrogen-bond donors (Lipinski definition) is 1. The average Bonchev–Trinajstić information content (AvgIpc) is 3.09. The summed E-state index contributed by atoms with van der Waals surface area (Å²) in [4.78, 5) is 29.7. The van der Waals surface area contributed by atoms with Crippen molar-refractivity contribution in [3.63, 3.8) is 0 Å². The average molecular weight is 309 g/mol. The monoisotopic (exact) mass is 309 g/mol. The predicted molar refractivity (Wildman–Crippen MR) is 77.4 cm³/mol. The molecule has 0 radical (unpaired) electrons. The first kappa shape index (κ1) is 13.1. The number of thiophene rings is 1. The Labute approximate surface area is 122 Å². The molecule has 0 aliphatic carbocycles. The summed E-state index contributed by atoms with van der Waals surface area (Å²) in [5, 5.41) is 4.65. The van der Waals surface area contributed by atoms with E-state index in [0.29, 0.717) is 4.88 Å². The highest BCUT2D eigenvalue weighted by atomic mass is 32.1. The fourth-order valence-electron chi connectivity index (χ4n) is 1.83. The summed E-state index contributed by atoms with van der Waals surface area (Å²) in [6, 6.07) is 1.82. The molecule has 0 bridgehead atoms. The molecule has 6 nitrogen and oxygen atoms in total. The summed E-state index contributed by atoms with van der Waals surface area (Å²) >= 11 is 2.90. The number of aromatic nitrogens is 2. The number of imidazole rings is 1. The van der Waals surface area contributed by atoms with E-state index in [9.17, 15) is 9.59 Å². The van der Waals surface area contributed by atoms with Crippen molar-refractivity contribution in [2.45, 2.75) is 6.42 Å². The first-order chi connectivity index (χ1) is 9.69. The molecule has 0 aliphatic rings. The second-order valence-corrected chi connectivity index (χ2v) is 5.95. The van der Waals surface area contributed by atoms with Gasteiger partial charge in [-0.3, -0.25) is 14.0 Å². The maximum atomic E-state index is 12.0. The Kier molecular flexibility index (Phi) is 3.41. The molecule has 0 aliphatic heterocycles. The van der Waals surface area contributed by atoms with E-state index in [1.165, 1.54) is 18.4 Å². The molecule has 3 heterocycles. The molecular formula is C12H11N3O3S2. The summed E-state index contributed by atoms with van der Waals surface area (Å²) < 4.78 is 6.47. The third kappa shape index (κ3) is 2.27.